The molecule has 0 bridgehead atoms. The molecular formula is C10H10BrN3O. The van der Waals surface area contributed by atoms with Gasteiger partial charge in [-0.15, -0.1) is 10.2 Å². The van der Waals surface area contributed by atoms with Crippen molar-refractivity contribution in [3.05, 3.63) is 40.4 Å². The fraction of sp³-hybridized carbons (Fsp3) is 0.200. The molecule has 0 atom stereocenters. The van der Waals surface area contributed by atoms with E-state index >= 15 is 0 Å². The summed E-state index contributed by atoms with van der Waals surface area (Å²) < 4.78 is 2.76. The molecule has 0 saturated heterocycles. The molecule has 0 aliphatic heterocycles. The number of hydrogen-bond acceptors (Lipinski definition) is 3. The van der Waals surface area contributed by atoms with Gasteiger partial charge in [-0.05, 0) is 24.6 Å². The van der Waals surface area contributed by atoms with Gasteiger partial charge in [-0.2, -0.15) is 0 Å². The first kappa shape index (κ1) is 10.3. The Balaban J connectivity index is 2.58. The minimum absolute atomic E-state index is 0.119. The van der Waals surface area contributed by atoms with Gasteiger partial charge in [0.25, 0.3) is 0 Å². The second-order valence-corrected chi connectivity index (χ2v) is 4.12. The fourth-order valence-electron chi connectivity index (χ4n) is 1.41. The zero-order valence-corrected chi connectivity index (χ0v) is 9.77. The maximum absolute atomic E-state index is 9.09. The van der Waals surface area contributed by atoms with Crippen molar-refractivity contribution in [3.63, 3.8) is 0 Å². The Kier molecular flexibility index (Phi) is 2.83. The predicted molar refractivity (Wildman–Crippen MR) is 59.7 cm³/mol. The van der Waals surface area contributed by atoms with Crippen LogP contribution >= 0.6 is 15.9 Å². The van der Waals surface area contributed by atoms with E-state index in [-0.39, 0.29) is 6.61 Å². The zero-order valence-electron chi connectivity index (χ0n) is 8.18. The monoisotopic (exact) mass is 267 g/mol. The van der Waals surface area contributed by atoms with Crippen LogP contribution in [0.4, 0.5) is 0 Å². The van der Waals surface area contributed by atoms with E-state index in [0.29, 0.717) is 5.82 Å². The van der Waals surface area contributed by atoms with E-state index in [1.54, 1.807) is 10.9 Å². The van der Waals surface area contributed by atoms with E-state index in [1.165, 1.54) is 0 Å². The average molecular weight is 268 g/mol. The summed E-state index contributed by atoms with van der Waals surface area (Å²) in [4.78, 5) is 0. The molecule has 1 aromatic heterocycles. The van der Waals surface area contributed by atoms with Gasteiger partial charge in [0.2, 0.25) is 0 Å². The molecule has 1 N–H and O–H groups in total. The van der Waals surface area contributed by atoms with Crippen molar-refractivity contribution in [2.24, 2.45) is 0 Å². The average Bonchev–Trinajstić information content (AvgIpc) is 2.69. The highest BCUT2D eigenvalue weighted by Gasteiger charge is 2.07. The van der Waals surface area contributed by atoms with Gasteiger partial charge in [-0.3, -0.25) is 4.57 Å². The minimum Gasteiger partial charge on any atom is -0.388 e. The molecule has 0 amide bonds. The molecule has 1 heterocycles. The first-order chi connectivity index (χ1) is 7.22. The molecule has 0 saturated carbocycles. The standard InChI is InChI=1S/C10H10BrN3O/c1-7-2-3-8(11)4-9(7)14-6-12-13-10(14)5-15/h2-4,6,15H,5H2,1H3. The van der Waals surface area contributed by atoms with Crippen LogP contribution in [0.3, 0.4) is 0 Å². The Bertz CT molecular complexity index is 481. The van der Waals surface area contributed by atoms with E-state index in [4.69, 9.17) is 5.11 Å². The second-order valence-electron chi connectivity index (χ2n) is 3.21. The van der Waals surface area contributed by atoms with Crippen LogP contribution in [0.2, 0.25) is 0 Å². The number of halogens is 1. The van der Waals surface area contributed by atoms with Crippen molar-refractivity contribution in [2.75, 3.05) is 0 Å². The first-order valence-corrected chi connectivity index (χ1v) is 5.28. The van der Waals surface area contributed by atoms with Gasteiger partial charge in [0.1, 0.15) is 12.9 Å². The number of nitrogens with zero attached hydrogens (tertiary/aromatic N) is 3. The molecule has 5 heteroatoms. The second kappa shape index (κ2) is 4.12. The van der Waals surface area contributed by atoms with Gasteiger partial charge in [-0.25, -0.2) is 0 Å². The molecule has 78 valence electrons. The fourth-order valence-corrected chi connectivity index (χ4v) is 1.76. The molecule has 0 unspecified atom stereocenters. The van der Waals surface area contributed by atoms with Crippen LogP contribution in [0, 0.1) is 6.92 Å². The number of hydrogen-bond donors (Lipinski definition) is 1. The van der Waals surface area contributed by atoms with Gasteiger partial charge in [0, 0.05) is 4.47 Å². The predicted octanol–water partition coefficient (Wildman–Crippen LogP) is 1.83. The third kappa shape index (κ3) is 1.93. The summed E-state index contributed by atoms with van der Waals surface area (Å²) in [6, 6.07) is 5.94. The van der Waals surface area contributed by atoms with E-state index in [1.807, 2.05) is 25.1 Å². The summed E-state index contributed by atoms with van der Waals surface area (Å²) in [5.41, 5.74) is 2.08. The molecule has 0 radical (unpaired) electrons. The Hall–Kier alpha value is -1.20. The number of aryl methyl sites for hydroxylation is 1. The highest BCUT2D eigenvalue weighted by Crippen LogP contribution is 2.20. The van der Waals surface area contributed by atoms with Crippen molar-refractivity contribution < 1.29 is 5.11 Å². The summed E-state index contributed by atoms with van der Waals surface area (Å²) in [6.07, 6.45) is 1.60. The van der Waals surface area contributed by atoms with Crippen molar-refractivity contribution in [2.45, 2.75) is 13.5 Å². The van der Waals surface area contributed by atoms with Crippen molar-refractivity contribution in [1.82, 2.24) is 14.8 Å². The Morgan fingerprint density at radius 2 is 2.27 bits per heavy atom. The molecule has 0 spiro atoms. The van der Waals surface area contributed by atoms with Crippen molar-refractivity contribution in [1.29, 1.82) is 0 Å². The molecular weight excluding hydrogens is 258 g/mol. The smallest absolute Gasteiger partial charge is 0.163 e. The molecule has 0 aliphatic rings. The Morgan fingerprint density at radius 3 is 3.00 bits per heavy atom. The third-order valence-corrected chi connectivity index (χ3v) is 2.68. The van der Waals surface area contributed by atoms with Crippen molar-refractivity contribution >= 4 is 15.9 Å². The molecule has 2 aromatic rings. The number of aliphatic hydroxyl groups is 1. The largest absolute Gasteiger partial charge is 0.388 e. The van der Waals surface area contributed by atoms with E-state index in [2.05, 4.69) is 26.1 Å². The highest BCUT2D eigenvalue weighted by atomic mass is 79.9. The lowest BCUT2D eigenvalue weighted by Crippen LogP contribution is -2.01. The molecule has 4 nitrogen and oxygen atoms in total. The van der Waals surface area contributed by atoms with E-state index in [9.17, 15) is 0 Å². The minimum atomic E-state index is -0.119. The Morgan fingerprint density at radius 1 is 1.47 bits per heavy atom. The quantitative estimate of drug-likeness (QED) is 0.904. The molecule has 0 aliphatic carbocycles. The molecule has 1 aromatic carbocycles. The van der Waals surface area contributed by atoms with Gasteiger partial charge in [0.05, 0.1) is 5.69 Å². The van der Waals surface area contributed by atoms with Crippen LogP contribution in [-0.4, -0.2) is 19.9 Å². The van der Waals surface area contributed by atoms with Crippen LogP contribution in [0.15, 0.2) is 29.0 Å². The van der Waals surface area contributed by atoms with Crippen LogP contribution in [0.1, 0.15) is 11.4 Å². The van der Waals surface area contributed by atoms with Gasteiger partial charge >= 0.3 is 0 Å². The lowest BCUT2D eigenvalue weighted by Gasteiger charge is -2.08. The maximum Gasteiger partial charge on any atom is 0.163 e. The lowest BCUT2D eigenvalue weighted by molar-refractivity contribution is 0.269. The number of aromatic nitrogens is 3. The molecule has 0 fully saturated rings. The SMILES string of the molecule is Cc1ccc(Br)cc1-n1cnnc1CO. The van der Waals surface area contributed by atoms with Crippen LogP contribution < -0.4 is 0 Å². The lowest BCUT2D eigenvalue weighted by atomic mass is 10.2. The summed E-state index contributed by atoms with van der Waals surface area (Å²) in [6.45, 7) is 1.88. The zero-order chi connectivity index (χ0) is 10.8. The number of aliphatic hydroxyl groups excluding tert-OH is 1. The number of rotatable bonds is 2. The van der Waals surface area contributed by atoms with E-state index in [0.717, 1.165) is 15.7 Å². The van der Waals surface area contributed by atoms with Gasteiger partial charge < -0.3 is 5.11 Å². The highest BCUT2D eigenvalue weighted by molar-refractivity contribution is 9.10. The van der Waals surface area contributed by atoms with Crippen LogP contribution in [0.5, 0.6) is 0 Å². The topological polar surface area (TPSA) is 50.9 Å². The van der Waals surface area contributed by atoms with Crippen molar-refractivity contribution in [3.8, 4) is 5.69 Å². The summed E-state index contributed by atoms with van der Waals surface area (Å²) in [5.74, 6) is 0.538. The van der Waals surface area contributed by atoms with Crippen LogP contribution in [0.25, 0.3) is 5.69 Å². The summed E-state index contributed by atoms with van der Waals surface area (Å²) >= 11 is 3.41. The molecule has 15 heavy (non-hydrogen) atoms. The van der Waals surface area contributed by atoms with E-state index < -0.39 is 0 Å². The number of benzene rings is 1. The van der Waals surface area contributed by atoms with Gasteiger partial charge in [0.15, 0.2) is 5.82 Å². The first-order valence-electron chi connectivity index (χ1n) is 4.48. The Labute approximate surface area is 95.7 Å². The normalized spacial score (nSPS) is 10.6. The maximum atomic E-state index is 9.09. The summed E-state index contributed by atoms with van der Waals surface area (Å²) in [7, 11) is 0. The third-order valence-electron chi connectivity index (χ3n) is 2.19. The molecule has 2 rings (SSSR count). The van der Waals surface area contributed by atoms with Gasteiger partial charge in [-0.1, -0.05) is 22.0 Å². The summed E-state index contributed by atoms with van der Waals surface area (Å²) in [5, 5.41) is 16.7. The van der Waals surface area contributed by atoms with Crippen LogP contribution in [-0.2, 0) is 6.61 Å².